The van der Waals surface area contributed by atoms with E-state index in [0.29, 0.717) is 18.0 Å². The summed E-state index contributed by atoms with van der Waals surface area (Å²) in [5.74, 6) is 1.22. The molecule has 0 N–H and O–H groups in total. The molecule has 2 aliphatic rings. The third-order valence-corrected chi connectivity index (χ3v) is 4.74. The van der Waals surface area contributed by atoms with Crippen molar-refractivity contribution >= 4 is 34.4 Å². The standard InChI is InChI=1S/C13H16IN3O3/c1-19-12(18)9-4-8-3-7(9)6-17(8)11-5-10(14)15-13(16-11)20-2/h5,7-9H,3-4,6H2,1-2H3. The molecule has 0 aromatic carbocycles. The Kier molecular flexibility index (Phi) is 3.70. The topological polar surface area (TPSA) is 64.5 Å². The summed E-state index contributed by atoms with van der Waals surface area (Å²) < 4.78 is 10.9. The first-order valence-corrected chi connectivity index (χ1v) is 7.63. The molecule has 3 atom stereocenters. The predicted molar refractivity (Wildman–Crippen MR) is 80.7 cm³/mol. The largest absolute Gasteiger partial charge is 0.469 e. The van der Waals surface area contributed by atoms with E-state index in [-0.39, 0.29) is 11.9 Å². The Morgan fingerprint density at radius 2 is 2.20 bits per heavy atom. The molecule has 7 heteroatoms. The summed E-state index contributed by atoms with van der Waals surface area (Å²) in [4.78, 5) is 22.6. The first-order valence-electron chi connectivity index (χ1n) is 6.55. The molecule has 20 heavy (non-hydrogen) atoms. The molecule has 0 radical (unpaired) electrons. The maximum absolute atomic E-state index is 11.7. The highest BCUT2D eigenvalue weighted by atomic mass is 127. The highest BCUT2D eigenvalue weighted by Crippen LogP contribution is 2.44. The zero-order valence-corrected chi connectivity index (χ0v) is 13.5. The number of ether oxygens (including phenoxy) is 2. The summed E-state index contributed by atoms with van der Waals surface area (Å²) in [6, 6.07) is 2.70. The molecule has 1 saturated heterocycles. The molecule has 6 nitrogen and oxygen atoms in total. The van der Waals surface area contributed by atoms with Gasteiger partial charge >= 0.3 is 12.0 Å². The van der Waals surface area contributed by atoms with Crippen LogP contribution in [0.2, 0.25) is 0 Å². The van der Waals surface area contributed by atoms with E-state index in [9.17, 15) is 4.79 Å². The number of piperidine rings is 1. The molecular formula is C13H16IN3O3. The van der Waals surface area contributed by atoms with E-state index >= 15 is 0 Å². The van der Waals surface area contributed by atoms with Gasteiger partial charge in [-0.3, -0.25) is 4.79 Å². The lowest BCUT2D eigenvalue weighted by molar-refractivity contribution is -0.146. The number of nitrogens with zero attached hydrogens (tertiary/aromatic N) is 3. The number of halogens is 1. The number of aromatic nitrogens is 2. The Morgan fingerprint density at radius 1 is 1.40 bits per heavy atom. The van der Waals surface area contributed by atoms with Crippen molar-refractivity contribution < 1.29 is 14.3 Å². The minimum Gasteiger partial charge on any atom is -0.469 e. The van der Waals surface area contributed by atoms with Gasteiger partial charge in [-0.05, 0) is 41.4 Å². The van der Waals surface area contributed by atoms with Crippen molar-refractivity contribution in [1.29, 1.82) is 0 Å². The second-order valence-corrected chi connectivity index (χ2v) is 6.31. The van der Waals surface area contributed by atoms with Gasteiger partial charge in [0.2, 0.25) is 0 Å². The maximum Gasteiger partial charge on any atom is 0.319 e. The molecule has 1 aliphatic carbocycles. The third-order valence-electron chi connectivity index (χ3n) is 4.18. The number of rotatable bonds is 3. The Bertz CT molecular complexity index is 540. The smallest absolute Gasteiger partial charge is 0.319 e. The normalized spacial score (nSPS) is 27.8. The van der Waals surface area contributed by atoms with Crippen LogP contribution in [0.1, 0.15) is 12.8 Å². The van der Waals surface area contributed by atoms with Gasteiger partial charge in [0, 0.05) is 18.7 Å². The fraction of sp³-hybridized carbons (Fsp3) is 0.615. The Labute approximate surface area is 131 Å². The summed E-state index contributed by atoms with van der Waals surface area (Å²) >= 11 is 2.16. The van der Waals surface area contributed by atoms with Crippen LogP contribution in [0.25, 0.3) is 0 Å². The summed E-state index contributed by atoms with van der Waals surface area (Å²) in [5, 5.41) is 0. The Balaban J connectivity index is 1.79. The van der Waals surface area contributed by atoms with Crippen LogP contribution in [0.15, 0.2) is 6.07 Å². The summed E-state index contributed by atoms with van der Waals surface area (Å²) in [6.45, 7) is 0.848. The average molecular weight is 389 g/mol. The van der Waals surface area contributed by atoms with Crippen molar-refractivity contribution in [1.82, 2.24) is 9.97 Å². The molecular weight excluding hydrogens is 373 g/mol. The zero-order chi connectivity index (χ0) is 14.3. The highest BCUT2D eigenvalue weighted by molar-refractivity contribution is 14.1. The number of anilines is 1. The number of hydrogen-bond donors (Lipinski definition) is 0. The lowest BCUT2D eigenvalue weighted by Crippen LogP contribution is -2.38. The lowest BCUT2D eigenvalue weighted by atomic mass is 9.95. The molecule has 0 spiro atoms. The summed E-state index contributed by atoms with van der Waals surface area (Å²) in [7, 11) is 3.03. The maximum atomic E-state index is 11.7. The van der Waals surface area contributed by atoms with Crippen LogP contribution in [-0.4, -0.2) is 42.7 Å². The second kappa shape index (κ2) is 5.34. The van der Waals surface area contributed by atoms with Crippen molar-refractivity contribution in [2.24, 2.45) is 11.8 Å². The van der Waals surface area contributed by atoms with E-state index in [0.717, 1.165) is 28.9 Å². The van der Waals surface area contributed by atoms with Gasteiger partial charge in [-0.15, -0.1) is 0 Å². The fourth-order valence-electron chi connectivity index (χ4n) is 3.30. The molecule has 3 rings (SSSR count). The fourth-order valence-corrected chi connectivity index (χ4v) is 3.78. The Hall–Kier alpha value is -1.12. The first kappa shape index (κ1) is 13.8. The first-order chi connectivity index (χ1) is 9.62. The van der Waals surface area contributed by atoms with E-state index in [2.05, 4.69) is 37.5 Å². The van der Waals surface area contributed by atoms with Crippen molar-refractivity contribution in [2.45, 2.75) is 18.9 Å². The minimum atomic E-state index is -0.0769. The van der Waals surface area contributed by atoms with Gasteiger partial charge in [0.1, 0.15) is 9.52 Å². The van der Waals surface area contributed by atoms with Crippen molar-refractivity contribution in [3.63, 3.8) is 0 Å². The van der Waals surface area contributed by atoms with E-state index < -0.39 is 0 Å². The van der Waals surface area contributed by atoms with E-state index in [1.54, 1.807) is 7.11 Å². The van der Waals surface area contributed by atoms with E-state index in [1.807, 2.05) is 6.07 Å². The van der Waals surface area contributed by atoms with Crippen LogP contribution in [0.5, 0.6) is 6.01 Å². The Morgan fingerprint density at radius 3 is 2.80 bits per heavy atom. The molecule has 3 unspecified atom stereocenters. The van der Waals surface area contributed by atoms with Gasteiger partial charge in [-0.2, -0.15) is 9.97 Å². The number of hydrogen-bond acceptors (Lipinski definition) is 6. The van der Waals surface area contributed by atoms with Crippen molar-refractivity contribution in [2.75, 3.05) is 25.7 Å². The van der Waals surface area contributed by atoms with Crippen LogP contribution in [0.4, 0.5) is 5.82 Å². The van der Waals surface area contributed by atoms with Crippen LogP contribution in [0.3, 0.4) is 0 Å². The molecule has 1 saturated carbocycles. The molecule has 2 bridgehead atoms. The molecule has 0 amide bonds. The molecule has 2 heterocycles. The number of methoxy groups -OCH3 is 2. The van der Waals surface area contributed by atoms with Crippen LogP contribution < -0.4 is 9.64 Å². The molecule has 2 fully saturated rings. The van der Waals surface area contributed by atoms with Gasteiger partial charge in [0.05, 0.1) is 20.1 Å². The quantitative estimate of drug-likeness (QED) is 0.444. The summed E-state index contributed by atoms with van der Waals surface area (Å²) in [5.41, 5.74) is 0. The van der Waals surface area contributed by atoms with Gasteiger partial charge in [-0.1, -0.05) is 0 Å². The van der Waals surface area contributed by atoms with Crippen molar-refractivity contribution in [3.05, 3.63) is 9.77 Å². The van der Waals surface area contributed by atoms with Crippen LogP contribution in [0, 0.1) is 15.5 Å². The van der Waals surface area contributed by atoms with Gasteiger partial charge in [0.15, 0.2) is 0 Å². The summed E-state index contributed by atoms with van der Waals surface area (Å²) in [6.07, 6.45) is 1.88. The van der Waals surface area contributed by atoms with Gasteiger partial charge in [0.25, 0.3) is 0 Å². The van der Waals surface area contributed by atoms with Gasteiger partial charge in [-0.25, -0.2) is 0 Å². The number of carbonyl (C=O) groups is 1. The zero-order valence-electron chi connectivity index (χ0n) is 11.4. The molecule has 1 aromatic heterocycles. The minimum absolute atomic E-state index is 0.0454. The monoisotopic (exact) mass is 389 g/mol. The highest BCUT2D eigenvalue weighted by Gasteiger charge is 2.48. The van der Waals surface area contributed by atoms with Gasteiger partial charge < -0.3 is 14.4 Å². The molecule has 1 aromatic rings. The van der Waals surface area contributed by atoms with E-state index in [4.69, 9.17) is 9.47 Å². The molecule has 108 valence electrons. The molecule has 1 aliphatic heterocycles. The van der Waals surface area contributed by atoms with Crippen molar-refractivity contribution in [3.8, 4) is 6.01 Å². The lowest BCUT2D eigenvalue weighted by Gasteiger charge is -2.31. The van der Waals surface area contributed by atoms with Crippen LogP contribution in [-0.2, 0) is 9.53 Å². The SMILES string of the molecule is COC(=O)C1CC2CC1CN2c1cc(I)nc(OC)n1. The predicted octanol–water partition coefficient (Wildman–Crippen LogP) is 1.48. The van der Waals surface area contributed by atoms with Crippen LogP contribution >= 0.6 is 22.6 Å². The number of fused-ring (bicyclic) bond motifs is 2. The second-order valence-electron chi connectivity index (χ2n) is 5.20. The third kappa shape index (κ3) is 2.32. The number of carbonyl (C=O) groups excluding carboxylic acids is 1. The van der Waals surface area contributed by atoms with E-state index in [1.165, 1.54) is 7.11 Å². The average Bonchev–Trinajstić information content (AvgIpc) is 3.05. The number of esters is 1.